The molecule has 3 aromatic heterocycles. The molecule has 146 valence electrons. The summed E-state index contributed by atoms with van der Waals surface area (Å²) in [6, 6.07) is 11.8. The van der Waals surface area contributed by atoms with Crippen LogP contribution in [-0.4, -0.2) is 27.4 Å². The summed E-state index contributed by atoms with van der Waals surface area (Å²) >= 11 is 1.65. The van der Waals surface area contributed by atoms with Crippen LogP contribution in [0.2, 0.25) is 0 Å². The van der Waals surface area contributed by atoms with Gasteiger partial charge in [0.1, 0.15) is 0 Å². The van der Waals surface area contributed by atoms with Crippen LogP contribution in [-0.2, 0) is 6.42 Å². The molecule has 0 atom stereocenters. The van der Waals surface area contributed by atoms with Gasteiger partial charge in [-0.05, 0) is 50.6 Å². The van der Waals surface area contributed by atoms with Crippen molar-refractivity contribution in [1.82, 2.24) is 20.3 Å². The maximum atomic E-state index is 12.8. The Hall–Kier alpha value is -3.12. The zero-order chi connectivity index (χ0) is 20.2. The van der Waals surface area contributed by atoms with E-state index in [4.69, 9.17) is 0 Å². The molecule has 5 nitrogen and oxygen atoms in total. The van der Waals surface area contributed by atoms with Gasteiger partial charge in [0.2, 0.25) is 0 Å². The number of carbonyl (C=O) groups excluding carboxylic acids is 1. The molecule has 4 rings (SSSR count). The first-order valence-corrected chi connectivity index (χ1v) is 10.5. The Balaban J connectivity index is 1.37. The van der Waals surface area contributed by atoms with Crippen LogP contribution in [0.25, 0.3) is 22.2 Å². The number of carbonyl (C=O) groups is 1. The molecule has 0 aliphatic carbocycles. The van der Waals surface area contributed by atoms with Gasteiger partial charge < -0.3 is 5.32 Å². The average Bonchev–Trinajstić information content (AvgIpc) is 3.20. The van der Waals surface area contributed by atoms with Crippen molar-refractivity contribution in [3.63, 3.8) is 0 Å². The van der Waals surface area contributed by atoms with E-state index in [0.29, 0.717) is 12.1 Å². The van der Waals surface area contributed by atoms with Gasteiger partial charge in [0.25, 0.3) is 5.91 Å². The molecule has 0 spiro atoms. The second-order valence-corrected chi connectivity index (χ2v) is 8.00. The number of pyridine rings is 2. The molecule has 4 aromatic rings. The summed E-state index contributed by atoms with van der Waals surface area (Å²) in [4.78, 5) is 26.0. The number of thiazole rings is 1. The summed E-state index contributed by atoms with van der Waals surface area (Å²) in [5, 5.41) is 7.09. The highest BCUT2D eigenvalue weighted by Gasteiger charge is 2.12. The molecule has 29 heavy (non-hydrogen) atoms. The zero-order valence-electron chi connectivity index (χ0n) is 16.5. The van der Waals surface area contributed by atoms with E-state index in [9.17, 15) is 4.79 Å². The molecule has 1 aromatic carbocycles. The van der Waals surface area contributed by atoms with E-state index >= 15 is 0 Å². The van der Waals surface area contributed by atoms with Crippen LogP contribution in [0.3, 0.4) is 0 Å². The van der Waals surface area contributed by atoms with Crippen LogP contribution in [0, 0.1) is 13.8 Å². The summed E-state index contributed by atoms with van der Waals surface area (Å²) in [7, 11) is 0. The summed E-state index contributed by atoms with van der Waals surface area (Å²) in [5.41, 5.74) is 5.55. The normalized spacial score (nSPS) is 11.0. The first kappa shape index (κ1) is 19.2. The third kappa shape index (κ3) is 4.49. The van der Waals surface area contributed by atoms with E-state index in [1.165, 1.54) is 0 Å². The number of hydrogen-bond donors (Lipinski definition) is 1. The van der Waals surface area contributed by atoms with Crippen LogP contribution in [0.15, 0.2) is 54.2 Å². The quantitative estimate of drug-likeness (QED) is 0.473. The Kier molecular flexibility index (Phi) is 5.62. The SMILES string of the molecule is Cc1ccc2nc(C)cc(C(=O)NCCCc3nc(-c4ccncc4)cs3)c2c1. The zero-order valence-corrected chi connectivity index (χ0v) is 17.3. The number of hydrogen-bond acceptors (Lipinski definition) is 5. The van der Waals surface area contributed by atoms with Crippen molar-refractivity contribution in [1.29, 1.82) is 0 Å². The maximum absolute atomic E-state index is 12.8. The highest BCUT2D eigenvalue weighted by Crippen LogP contribution is 2.22. The molecule has 0 bridgehead atoms. The smallest absolute Gasteiger partial charge is 0.252 e. The lowest BCUT2D eigenvalue weighted by Gasteiger charge is -2.09. The minimum Gasteiger partial charge on any atom is -0.352 e. The van der Waals surface area contributed by atoms with Gasteiger partial charge in [-0.2, -0.15) is 0 Å². The van der Waals surface area contributed by atoms with E-state index in [1.54, 1.807) is 23.7 Å². The Labute approximate surface area is 173 Å². The van der Waals surface area contributed by atoms with Crippen molar-refractivity contribution in [3.8, 4) is 11.3 Å². The highest BCUT2D eigenvalue weighted by atomic mass is 32.1. The van der Waals surface area contributed by atoms with Crippen LogP contribution < -0.4 is 5.32 Å². The average molecular weight is 403 g/mol. The van der Waals surface area contributed by atoms with Gasteiger partial charge in [0.15, 0.2) is 0 Å². The van der Waals surface area contributed by atoms with E-state index in [-0.39, 0.29) is 5.91 Å². The molecular formula is C23H22N4OS. The lowest BCUT2D eigenvalue weighted by atomic mass is 10.0. The van der Waals surface area contributed by atoms with Gasteiger partial charge in [-0.15, -0.1) is 11.3 Å². The van der Waals surface area contributed by atoms with E-state index < -0.39 is 0 Å². The number of fused-ring (bicyclic) bond motifs is 1. The second-order valence-electron chi connectivity index (χ2n) is 7.05. The first-order chi connectivity index (χ1) is 14.1. The molecule has 1 N–H and O–H groups in total. The number of amides is 1. The molecule has 0 saturated carbocycles. The lowest BCUT2D eigenvalue weighted by Crippen LogP contribution is -2.25. The topological polar surface area (TPSA) is 67.8 Å². The number of aromatic nitrogens is 3. The predicted octanol–water partition coefficient (Wildman–Crippen LogP) is 4.73. The highest BCUT2D eigenvalue weighted by molar-refractivity contribution is 7.09. The summed E-state index contributed by atoms with van der Waals surface area (Å²) in [6.45, 7) is 4.55. The number of rotatable bonds is 6. The summed E-state index contributed by atoms with van der Waals surface area (Å²) in [6.07, 6.45) is 5.23. The molecule has 0 fully saturated rings. The van der Waals surface area contributed by atoms with Crippen molar-refractivity contribution in [3.05, 3.63) is 76.0 Å². The fraction of sp³-hybridized carbons (Fsp3) is 0.217. The van der Waals surface area contributed by atoms with E-state index in [0.717, 1.165) is 51.3 Å². The van der Waals surface area contributed by atoms with Crippen LogP contribution in [0.5, 0.6) is 0 Å². The molecule has 6 heteroatoms. The second kappa shape index (κ2) is 8.49. The number of benzene rings is 1. The van der Waals surface area contributed by atoms with Crippen LogP contribution >= 0.6 is 11.3 Å². The third-order valence-electron chi connectivity index (χ3n) is 4.72. The van der Waals surface area contributed by atoms with Gasteiger partial charge in [-0.3, -0.25) is 14.8 Å². The van der Waals surface area contributed by atoms with Crippen LogP contribution in [0.1, 0.15) is 33.0 Å². The van der Waals surface area contributed by atoms with Crippen molar-refractivity contribution >= 4 is 28.1 Å². The molecule has 0 aliphatic heterocycles. The molecule has 3 heterocycles. The van der Waals surface area contributed by atoms with Gasteiger partial charge in [0.05, 0.1) is 21.8 Å². The van der Waals surface area contributed by atoms with Crippen molar-refractivity contribution in [2.75, 3.05) is 6.54 Å². The largest absolute Gasteiger partial charge is 0.352 e. The number of aryl methyl sites for hydroxylation is 3. The van der Waals surface area contributed by atoms with Gasteiger partial charge in [-0.1, -0.05) is 11.6 Å². The van der Waals surface area contributed by atoms with E-state index in [1.807, 2.05) is 50.2 Å². The predicted molar refractivity (Wildman–Crippen MR) is 117 cm³/mol. The summed E-state index contributed by atoms with van der Waals surface area (Å²) < 4.78 is 0. The Morgan fingerprint density at radius 2 is 1.90 bits per heavy atom. The Morgan fingerprint density at radius 3 is 2.72 bits per heavy atom. The first-order valence-electron chi connectivity index (χ1n) is 9.61. The summed E-state index contributed by atoms with van der Waals surface area (Å²) in [5.74, 6) is -0.0530. The Morgan fingerprint density at radius 1 is 1.07 bits per heavy atom. The molecule has 1 amide bonds. The van der Waals surface area contributed by atoms with Gasteiger partial charge in [0, 0.05) is 47.4 Å². The van der Waals surface area contributed by atoms with Crippen molar-refractivity contribution < 1.29 is 4.79 Å². The van der Waals surface area contributed by atoms with Gasteiger partial charge >= 0.3 is 0 Å². The molecule has 0 radical (unpaired) electrons. The molecule has 0 saturated heterocycles. The number of nitrogens with one attached hydrogen (secondary N) is 1. The monoisotopic (exact) mass is 402 g/mol. The van der Waals surface area contributed by atoms with Gasteiger partial charge in [-0.25, -0.2) is 4.98 Å². The molecule has 0 unspecified atom stereocenters. The molecule has 0 aliphatic rings. The maximum Gasteiger partial charge on any atom is 0.252 e. The third-order valence-corrected chi connectivity index (χ3v) is 5.63. The minimum absolute atomic E-state index is 0.0530. The van der Waals surface area contributed by atoms with E-state index in [2.05, 4.69) is 25.6 Å². The van der Waals surface area contributed by atoms with Crippen LogP contribution in [0.4, 0.5) is 0 Å². The molecular weight excluding hydrogens is 380 g/mol. The lowest BCUT2D eigenvalue weighted by molar-refractivity contribution is 0.0954. The minimum atomic E-state index is -0.0530. The fourth-order valence-electron chi connectivity index (χ4n) is 3.28. The fourth-order valence-corrected chi connectivity index (χ4v) is 4.13. The number of nitrogens with zero attached hydrogens (tertiary/aromatic N) is 3. The van der Waals surface area contributed by atoms with Crippen molar-refractivity contribution in [2.24, 2.45) is 0 Å². The standard InChI is InChI=1S/C23H22N4OS/c1-15-5-6-20-18(12-15)19(13-16(2)26-20)23(28)25-9-3-4-22-27-21(14-29-22)17-7-10-24-11-8-17/h5-8,10-14H,3-4,9H2,1-2H3,(H,25,28). The Bertz CT molecular complexity index is 1150. The van der Waals surface area contributed by atoms with Crippen molar-refractivity contribution in [2.45, 2.75) is 26.7 Å².